The van der Waals surface area contributed by atoms with Crippen LogP contribution in [0, 0.1) is 6.92 Å². The van der Waals surface area contributed by atoms with Gasteiger partial charge in [0.2, 0.25) is 0 Å². The molecule has 0 heterocycles. The number of aryl methyl sites for hydroxylation is 1. The van der Waals surface area contributed by atoms with Crippen LogP contribution in [0.2, 0.25) is 0 Å². The average molecular weight is 193 g/mol. The molecule has 0 saturated carbocycles. The Bertz CT molecular complexity index is 345. The first-order valence-corrected chi connectivity index (χ1v) is 4.37. The molecule has 0 aliphatic rings. The van der Waals surface area contributed by atoms with Gasteiger partial charge in [-0.2, -0.15) is 0 Å². The van der Waals surface area contributed by atoms with Gasteiger partial charge in [0, 0.05) is 18.8 Å². The molecule has 1 aromatic rings. The van der Waals surface area contributed by atoms with Gasteiger partial charge >= 0.3 is 0 Å². The molecule has 0 atom stereocenters. The second-order valence-electron chi connectivity index (χ2n) is 2.95. The Morgan fingerprint density at radius 3 is 2.43 bits per heavy atom. The lowest BCUT2D eigenvalue weighted by Crippen LogP contribution is -1.95. The lowest BCUT2D eigenvalue weighted by molar-refractivity contribution is 0.400. The van der Waals surface area contributed by atoms with Crippen LogP contribution in [0.25, 0.3) is 0 Å². The summed E-state index contributed by atoms with van der Waals surface area (Å²) in [5, 5.41) is 0. The highest BCUT2D eigenvalue weighted by molar-refractivity contribution is 5.85. The number of rotatable bonds is 3. The van der Waals surface area contributed by atoms with E-state index in [1.807, 2.05) is 19.1 Å². The third kappa shape index (κ3) is 2.05. The van der Waals surface area contributed by atoms with Crippen LogP contribution in [0.1, 0.15) is 11.1 Å². The number of nitrogens with zero attached hydrogens (tertiary/aromatic N) is 1. The summed E-state index contributed by atoms with van der Waals surface area (Å²) in [5.74, 6) is 1.66. The largest absolute Gasteiger partial charge is 0.497 e. The summed E-state index contributed by atoms with van der Waals surface area (Å²) in [7, 11) is 5.03. The first-order chi connectivity index (χ1) is 6.72. The van der Waals surface area contributed by atoms with E-state index < -0.39 is 0 Å². The van der Waals surface area contributed by atoms with Crippen molar-refractivity contribution in [2.45, 2.75) is 6.92 Å². The number of aliphatic imine (C=N–C) groups is 1. The molecule has 14 heavy (non-hydrogen) atoms. The summed E-state index contributed by atoms with van der Waals surface area (Å²) in [6, 6.07) is 3.84. The van der Waals surface area contributed by atoms with Crippen molar-refractivity contribution in [2.75, 3.05) is 21.3 Å². The minimum atomic E-state index is 0.818. The Morgan fingerprint density at radius 1 is 1.21 bits per heavy atom. The Balaban J connectivity index is 3.27. The molecule has 3 nitrogen and oxygen atoms in total. The van der Waals surface area contributed by atoms with Crippen molar-refractivity contribution in [1.82, 2.24) is 0 Å². The van der Waals surface area contributed by atoms with E-state index >= 15 is 0 Å². The Labute approximate surface area is 84.4 Å². The maximum Gasteiger partial charge on any atom is 0.130 e. The first-order valence-electron chi connectivity index (χ1n) is 4.37. The molecule has 0 N–H and O–H groups in total. The fourth-order valence-electron chi connectivity index (χ4n) is 1.40. The van der Waals surface area contributed by atoms with Crippen molar-refractivity contribution in [2.24, 2.45) is 4.99 Å². The molecule has 0 spiro atoms. The highest BCUT2D eigenvalue weighted by atomic mass is 16.5. The van der Waals surface area contributed by atoms with Gasteiger partial charge in [0.25, 0.3) is 0 Å². The highest BCUT2D eigenvalue weighted by Crippen LogP contribution is 2.27. The van der Waals surface area contributed by atoms with Crippen LogP contribution in [-0.4, -0.2) is 27.5 Å². The first kappa shape index (κ1) is 10.6. The van der Waals surface area contributed by atoms with Crippen molar-refractivity contribution >= 4 is 6.21 Å². The monoisotopic (exact) mass is 193 g/mol. The molecule has 1 rings (SSSR count). The number of methoxy groups -OCH3 is 2. The van der Waals surface area contributed by atoms with Gasteiger partial charge in [0.1, 0.15) is 11.5 Å². The van der Waals surface area contributed by atoms with Gasteiger partial charge in [-0.25, -0.2) is 0 Å². The topological polar surface area (TPSA) is 30.8 Å². The Kier molecular flexibility index (Phi) is 3.51. The van der Waals surface area contributed by atoms with E-state index in [2.05, 4.69) is 4.99 Å². The molecule has 0 aliphatic carbocycles. The standard InChI is InChI=1S/C11H15NO2/c1-8-5-10(13-3)6-9(7-12-2)11(8)14-4/h5-7H,1-4H3. The molecule has 0 saturated heterocycles. The summed E-state index contributed by atoms with van der Waals surface area (Å²) >= 11 is 0. The van der Waals surface area contributed by atoms with Crippen LogP contribution in [0.5, 0.6) is 11.5 Å². The van der Waals surface area contributed by atoms with E-state index in [4.69, 9.17) is 9.47 Å². The molecular formula is C11H15NO2. The van der Waals surface area contributed by atoms with Crippen LogP contribution >= 0.6 is 0 Å². The minimum absolute atomic E-state index is 0.818. The zero-order chi connectivity index (χ0) is 10.6. The normalized spacial score (nSPS) is 10.6. The third-order valence-corrected chi connectivity index (χ3v) is 1.98. The fraction of sp³-hybridized carbons (Fsp3) is 0.364. The zero-order valence-corrected chi connectivity index (χ0v) is 9.00. The van der Waals surface area contributed by atoms with Crippen molar-refractivity contribution in [1.29, 1.82) is 0 Å². The highest BCUT2D eigenvalue weighted by Gasteiger charge is 2.06. The molecule has 1 aromatic carbocycles. The molecular weight excluding hydrogens is 178 g/mol. The lowest BCUT2D eigenvalue weighted by atomic mass is 10.1. The van der Waals surface area contributed by atoms with Crippen LogP contribution in [0.15, 0.2) is 17.1 Å². The molecule has 0 bridgehead atoms. The van der Waals surface area contributed by atoms with Crippen molar-refractivity contribution in [3.63, 3.8) is 0 Å². The maximum atomic E-state index is 5.28. The van der Waals surface area contributed by atoms with Crippen LogP contribution in [0.3, 0.4) is 0 Å². The van der Waals surface area contributed by atoms with Crippen molar-refractivity contribution in [3.8, 4) is 11.5 Å². The lowest BCUT2D eigenvalue weighted by Gasteiger charge is -2.10. The zero-order valence-electron chi connectivity index (χ0n) is 9.00. The smallest absolute Gasteiger partial charge is 0.130 e. The molecule has 0 radical (unpaired) electrons. The van der Waals surface area contributed by atoms with E-state index in [9.17, 15) is 0 Å². The number of ether oxygens (including phenoxy) is 2. The summed E-state index contributed by atoms with van der Waals surface area (Å²) in [4.78, 5) is 3.97. The second-order valence-corrected chi connectivity index (χ2v) is 2.95. The van der Waals surface area contributed by atoms with Gasteiger partial charge in [-0.15, -0.1) is 0 Å². The Morgan fingerprint density at radius 2 is 1.93 bits per heavy atom. The summed E-state index contributed by atoms with van der Waals surface area (Å²) in [6.45, 7) is 1.98. The minimum Gasteiger partial charge on any atom is -0.497 e. The second kappa shape index (κ2) is 4.65. The summed E-state index contributed by atoms with van der Waals surface area (Å²) in [5.41, 5.74) is 1.98. The Hall–Kier alpha value is -1.51. The van der Waals surface area contributed by atoms with Gasteiger partial charge in [0.15, 0.2) is 0 Å². The van der Waals surface area contributed by atoms with E-state index in [0.29, 0.717) is 0 Å². The molecule has 76 valence electrons. The quantitative estimate of drug-likeness (QED) is 0.688. The average Bonchev–Trinajstić information content (AvgIpc) is 2.18. The third-order valence-electron chi connectivity index (χ3n) is 1.98. The molecule has 0 aliphatic heterocycles. The predicted octanol–water partition coefficient (Wildman–Crippen LogP) is 2.06. The maximum absolute atomic E-state index is 5.28. The van der Waals surface area contributed by atoms with Crippen molar-refractivity contribution in [3.05, 3.63) is 23.3 Å². The SMILES string of the molecule is CN=Cc1cc(OC)cc(C)c1OC. The molecule has 0 fully saturated rings. The van der Waals surface area contributed by atoms with E-state index in [-0.39, 0.29) is 0 Å². The van der Waals surface area contributed by atoms with Crippen LogP contribution in [0.4, 0.5) is 0 Å². The molecule has 0 aromatic heterocycles. The van der Waals surface area contributed by atoms with Gasteiger partial charge < -0.3 is 9.47 Å². The van der Waals surface area contributed by atoms with Gasteiger partial charge in [-0.1, -0.05) is 0 Å². The van der Waals surface area contributed by atoms with Gasteiger partial charge in [-0.05, 0) is 24.6 Å². The number of benzene rings is 1. The van der Waals surface area contributed by atoms with E-state index in [1.54, 1.807) is 27.5 Å². The predicted molar refractivity (Wildman–Crippen MR) is 57.8 cm³/mol. The number of hydrogen-bond donors (Lipinski definition) is 0. The van der Waals surface area contributed by atoms with Gasteiger partial charge in [-0.3, -0.25) is 4.99 Å². The fourth-order valence-corrected chi connectivity index (χ4v) is 1.40. The van der Waals surface area contributed by atoms with Crippen LogP contribution < -0.4 is 9.47 Å². The molecule has 0 unspecified atom stereocenters. The summed E-state index contributed by atoms with van der Waals surface area (Å²) in [6.07, 6.45) is 1.76. The number of hydrogen-bond acceptors (Lipinski definition) is 3. The van der Waals surface area contributed by atoms with Crippen molar-refractivity contribution < 1.29 is 9.47 Å². The van der Waals surface area contributed by atoms with Gasteiger partial charge in [0.05, 0.1) is 14.2 Å². The molecule has 3 heteroatoms. The summed E-state index contributed by atoms with van der Waals surface area (Å²) < 4.78 is 10.4. The molecule has 0 amide bonds. The van der Waals surface area contributed by atoms with Crippen LogP contribution in [-0.2, 0) is 0 Å². The van der Waals surface area contributed by atoms with E-state index in [1.165, 1.54) is 0 Å². The van der Waals surface area contributed by atoms with E-state index in [0.717, 1.165) is 22.6 Å².